The fourth-order valence-corrected chi connectivity index (χ4v) is 5.16. The lowest BCUT2D eigenvalue weighted by molar-refractivity contribution is -0.154. The molecule has 4 rings (SSSR count). The molecule has 2 amide bonds. The van der Waals surface area contributed by atoms with Crippen LogP contribution in [0.4, 0.5) is 0 Å². The van der Waals surface area contributed by atoms with Crippen molar-refractivity contribution >= 4 is 29.1 Å². The molecule has 2 aromatic rings. The predicted molar refractivity (Wildman–Crippen MR) is 102 cm³/mol. The number of methoxy groups -OCH3 is 1. The van der Waals surface area contributed by atoms with Gasteiger partial charge >= 0.3 is 5.97 Å². The van der Waals surface area contributed by atoms with Gasteiger partial charge in [-0.1, -0.05) is 37.3 Å². The number of ether oxygens (including phenoxy) is 1. The molecule has 1 aromatic carbocycles. The Morgan fingerprint density at radius 3 is 2.64 bits per heavy atom. The van der Waals surface area contributed by atoms with Crippen LogP contribution in [0.2, 0.25) is 0 Å². The molecule has 1 N–H and O–H groups in total. The standard InChI is InChI=1S/C20H21N3O4S/c1-3-20(19(26)27-2)14-13(15(22-20)16-21-9-10-28-16)17(24)23(18(14)25)11-12-7-5-4-6-8-12/h4-10,13-15,22H,3,11H2,1-2H3/t13-,14-,15+,20-/m0/s1. The van der Waals surface area contributed by atoms with Crippen LogP contribution in [-0.4, -0.2) is 40.3 Å². The van der Waals surface area contributed by atoms with E-state index in [2.05, 4.69) is 10.3 Å². The Morgan fingerprint density at radius 1 is 1.29 bits per heavy atom. The summed E-state index contributed by atoms with van der Waals surface area (Å²) < 4.78 is 5.04. The van der Waals surface area contributed by atoms with Gasteiger partial charge in [-0.2, -0.15) is 0 Å². The smallest absolute Gasteiger partial charge is 0.326 e. The van der Waals surface area contributed by atoms with Crippen molar-refractivity contribution in [3.8, 4) is 0 Å². The molecule has 0 aliphatic carbocycles. The molecule has 28 heavy (non-hydrogen) atoms. The topological polar surface area (TPSA) is 88.6 Å². The summed E-state index contributed by atoms with van der Waals surface area (Å²) in [5.74, 6) is -2.62. The first kappa shape index (κ1) is 18.8. The molecule has 146 valence electrons. The molecule has 3 heterocycles. The van der Waals surface area contributed by atoms with Gasteiger partial charge in [0, 0.05) is 11.6 Å². The van der Waals surface area contributed by atoms with Gasteiger partial charge in [0.25, 0.3) is 0 Å². The second kappa shape index (κ2) is 7.10. The van der Waals surface area contributed by atoms with Gasteiger partial charge in [0.15, 0.2) is 0 Å². The Kier molecular flexibility index (Phi) is 4.76. The summed E-state index contributed by atoms with van der Waals surface area (Å²) >= 11 is 1.40. The van der Waals surface area contributed by atoms with Gasteiger partial charge in [-0.05, 0) is 12.0 Å². The third-order valence-electron chi connectivity index (χ3n) is 5.75. The molecule has 2 aliphatic rings. The summed E-state index contributed by atoms with van der Waals surface area (Å²) in [7, 11) is 1.30. The SMILES string of the molecule is CC[C@]1(C(=O)OC)N[C@@H](c2nccs2)[C@H]2C(=O)N(Cc3ccccc3)C(=O)[C@H]21. The number of rotatable bonds is 5. The van der Waals surface area contributed by atoms with E-state index in [1.54, 1.807) is 6.20 Å². The fraction of sp³-hybridized carbons (Fsp3) is 0.400. The molecule has 8 heteroatoms. The summed E-state index contributed by atoms with van der Waals surface area (Å²) in [5.41, 5.74) is -0.378. The van der Waals surface area contributed by atoms with Gasteiger partial charge in [0.2, 0.25) is 11.8 Å². The minimum Gasteiger partial charge on any atom is -0.468 e. The van der Waals surface area contributed by atoms with E-state index >= 15 is 0 Å². The number of aromatic nitrogens is 1. The van der Waals surface area contributed by atoms with Crippen LogP contribution < -0.4 is 5.32 Å². The number of imide groups is 1. The number of hydrogen-bond acceptors (Lipinski definition) is 7. The van der Waals surface area contributed by atoms with Crippen molar-refractivity contribution in [1.29, 1.82) is 0 Å². The average molecular weight is 399 g/mol. The van der Waals surface area contributed by atoms with Crippen molar-refractivity contribution in [2.45, 2.75) is 31.5 Å². The number of nitrogens with zero attached hydrogens (tertiary/aromatic N) is 2. The number of carbonyl (C=O) groups is 3. The van der Waals surface area contributed by atoms with E-state index in [1.807, 2.05) is 42.6 Å². The Balaban J connectivity index is 1.76. The zero-order chi connectivity index (χ0) is 19.9. The molecule has 2 aliphatic heterocycles. The highest BCUT2D eigenvalue weighted by Crippen LogP contribution is 2.50. The molecule has 1 aromatic heterocycles. The van der Waals surface area contributed by atoms with Crippen molar-refractivity contribution in [3.63, 3.8) is 0 Å². The zero-order valence-corrected chi connectivity index (χ0v) is 16.4. The van der Waals surface area contributed by atoms with Gasteiger partial charge in [-0.3, -0.25) is 24.6 Å². The summed E-state index contributed by atoms with van der Waals surface area (Å²) in [6, 6.07) is 8.86. The van der Waals surface area contributed by atoms with Crippen LogP contribution in [-0.2, 0) is 25.7 Å². The Morgan fingerprint density at radius 2 is 2.04 bits per heavy atom. The fourth-order valence-electron chi connectivity index (χ4n) is 4.42. The molecule has 0 radical (unpaired) electrons. The van der Waals surface area contributed by atoms with E-state index in [9.17, 15) is 14.4 Å². The molecule has 2 saturated heterocycles. The van der Waals surface area contributed by atoms with E-state index < -0.39 is 29.4 Å². The second-order valence-corrected chi connectivity index (χ2v) is 7.99. The highest BCUT2D eigenvalue weighted by atomic mass is 32.1. The number of benzene rings is 1. The number of fused-ring (bicyclic) bond motifs is 1. The van der Waals surface area contributed by atoms with Crippen LogP contribution in [0.25, 0.3) is 0 Å². The summed E-state index contributed by atoms with van der Waals surface area (Å²) in [6.07, 6.45) is 1.99. The monoisotopic (exact) mass is 399 g/mol. The molecule has 0 bridgehead atoms. The number of esters is 1. The first-order valence-electron chi connectivity index (χ1n) is 9.18. The van der Waals surface area contributed by atoms with Gasteiger partial charge in [0.05, 0.1) is 31.5 Å². The highest BCUT2D eigenvalue weighted by Gasteiger charge is 2.68. The second-order valence-electron chi connectivity index (χ2n) is 7.06. The van der Waals surface area contributed by atoms with Crippen molar-refractivity contribution in [3.05, 3.63) is 52.5 Å². The molecule has 0 unspecified atom stereocenters. The van der Waals surface area contributed by atoms with Crippen LogP contribution in [0, 0.1) is 11.8 Å². The molecule has 0 saturated carbocycles. The van der Waals surface area contributed by atoms with Crippen molar-refractivity contribution < 1.29 is 19.1 Å². The number of amides is 2. The molecular formula is C20H21N3O4S. The van der Waals surface area contributed by atoms with Crippen molar-refractivity contribution in [1.82, 2.24) is 15.2 Å². The Bertz CT molecular complexity index is 901. The van der Waals surface area contributed by atoms with Crippen LogP contribution in [0.3, 0.4) is 0 Å². The summed E-state index contributed by atoms with van der Waals surface area (Å²) in [6.45, 7) is 2.01. The number of likely N-dealkylation sites (tertiary alicyclic amines) is 1. The predicted octanol–water partition coefficient (Wildman–Crippen LogP) is 1.91. The lowest BCUT2D eigenvalue weighted by Gasteiger charge is -2.31. The van der Waals surface area contributed by atoms with E-state index in [4.69, 9.17) is 4.74 Å². The highest BCUT2D eigenvalue weighted by molar-refractivity contribution is 7.09. The third-order valence-corrected chi connectivity index (χ3v) is 6.61. The first-order chi connectivity index (χ1) is 13.5. The van der Waals surface area contributed by atoms with Gasteiger partial charge < -0.3 is 4.74 Å². The Labute approximate surface area is 166 Å². The number of thiazole rings is 1. The van der Waals surface area contributed by atoms with Crippen molar-refractivity contribution in [2.24, 2.45) is 11.8 Å². The molecule has 4 atom stereocenters. The van der Waals surface area contributed by atoms with Gasteiger partial charge in [0.1, 0.15) is 10.5 Å². The largest absolute Gasteiger partial charge is 0.468 e. The average Bonchev–Trinajstić information content (AvgIpc) is 3.42. The van der Waals surface area contributed by atoms with Crippen molar-refractivity contribution in [2.75, 3.05) is 7.11 Å². The lowest BCUT2D eigenvalue weighted by atomic mass is 9.78. The minimum absolute atomic E-state index is 0.192. The number of hydrogen-bond donors (Lipinski definition) is 1. The number of nitrogens with one attached hydrogen (secondary N) is 1. The molecule has 2 fully saturated rings. The minimum atomic E-state index is -1.24. The van der Waals surface area contributed by atoms with Crippen LogP contribution >= 0.6 is 11.3 Å². The lowest BCUT2D eigenvalue weighted by Crippen LogP contribution is -2.55. The Hall–Kier alpha value is -2.58. The normalized spacial score (nSPS) is 29.2. The first-order valence-corrected chi connectivity index (χ1v) is 10.1. The maximum atomic E-state index is 13.4. The third kappa shape index (κ3) is 2.67. The van der Waals surface area contributed by atoms with E-state index in [-0.39, 0.29) is 18.4 Å². The molecule has 0 spiro atoms. The quantitative estimate of drug-likeness (QED) is 0.610. The maximum absolute atomic E-state index is 13.4. The number of carbonyl (C=O) groups excluding carboxylic acids is 3. The maximum Gasteiger partial charge on any atom is 0.326 e. The van der Waals surface area contributed by atoms with Crippen LogP contribution in [0.5, 0.6) is 0 Å². The van der Waals surface area contributed by atoms with Gasteiger partial charge in [-0.15, -0.1) is 11.3 Å². The summed E-state index contributed by atoms with van der Waals surface area (Å²) in [5, 5.41) is 5.77. The molecular weight excluding hydrogens is 378 g/mol. The van der Waals surface area contributed by atoms with Gasteiger partial charge in [-0.25, -0.2) is 4.98 Å². The van der Waals surface area contributed by atoms with Crippen LogP contribution in [0.15, 0.2) is 41.9 Å². The zero-order valence-electron chi connectivity index (χ0n) is 15.6. The van der Waals surface area contributed by atoms with E-state index in [0.717, 1.165) is 5.56 Å². The van der Waals surface area contributed by atoms with Crippen LogP contribution in [0.1, 0.15) is 30.0 Å². The van der Waals surface area contributed by atoms with E-state index in [1.165, 1.54) is 23.3 Å². The summed E-state index contributed by atoms with van der Waals surface area (Å²) in [4.78, 5) is 45.0. The van der Waals surface area contributed by atoms with E-state index in [0.29, 0.717) is 11.4 Å². The molecule has 7 nitrogen and oxygen atoms in total.